The van der Waals surface area contributed by atoms with Gasteiger partial charge < -0.3 is 10.6 Å². The van der Waals surface area contributed by atoms with Gasteiger partial charge in [-0.15, -0.1) is 0 Å². The van der Waals surface area contributed by atoms with E-state index in [-0.39, 0.29) is 23.8 Å². The first-order valence-electron chi connectivity index (χ1n) is 13.3. The summed E-state index contributed by atoms with van der Waals surface area (Å²) in [6.45, 7) is 19.4. The smallest absolute Gasteiger partial charge is 0.234 e. The van der Waals surface area contributed by atoms with Gasteiger partial charge in [-0.2, -0.15) is 5.10 Å². The molecule has 7 heteroatoms. The Labute approximate surface area is 217 Å². The Morgan fingerprint density at radius 3 is 2.53 bits per heavy atom. The summed E-state index contributed by atoms with van der Waals surface area (Å²) < 4.78 is 1.91. The second-order valence-electron chi connectivity index (χ2n) is 12.2. The molecule has 1 aliphatic heterocycles. The van der Waals surface area contributed by atoms with E-state index in [1.807, 2.05) is 56.7 Å². The fourth-order valence-corrected chi connectivity index (χ4v) is 5.50. The third kappa shape index (κ3) is 7.66. The Bertz CT molecular complexity index is 997. The van der Waals surface area contributed by atoms with E-state index in [9.17, 15) is 9.59 Å². The van der Waals surface area contributed by atoms with Gasteiger partial charge in [0.1, 0.15) is 0 Å². The Morgan fingerprint density at radius 1 is 1.25 bits per heavy atom. The second-order valence-corrected chi connectivity index (χ2v) is 12.2. The standard InChI is InChI=1S/C29H45N5O2/c1-8-10-11-24(9-2)34-25(12-21(3)4)13-23(32-34)14-26(35)30-17-22-15-29(16-22)19-33(20-29)18-27(36)31-28(5,6)7/h8-11,13,21-22H,2,12,14-20H2,1,3-7H3,(H,30,35)(H,31,36)/b10-8-,24-11+. The molecule has 1 saturated heterocycles. The molecule has 1 aromatic heterocycles. The van der Waals surface area contributed by atoms with E-state index >= 15 is 0 Å². The van der Waals surface area contributed by atoms with Gasteiger partial charge in [-0.05, 0) is 82.4 Å². The zero-order chi connectivity index (χ0) is 26.5. The number of hydrogen-bond acceptors (Lipinski definition) is 4. The van der Waals surface area contributed by atoms with Crippen LogP contribution in [0.4, 0.5) is 0 Å². The maximum absolute atomic E-state index is 12.7. The zero-order valence-electron chi connectivity index (χ0n) is 23.1. The number of carbonyl (C=O) groups is 2. The molecule has 0 aromatic carbocycles. The molecule has 7 nitrogen and oxygen atoms in total. The van der Waals surface area contributed by atoms with E-state index in [1.165, 1.54) is 0 Å². The molecule has 3 rings (SSSR count). The number of carbonyl (C=O) groups excluding carboxylic acids is 2. The van der Waals surface area contributed by atoms with Crippen LogP contribution in [0.1, 0.15) is 65.8 Å². The van der Waals surface area contributed by atoms with Gasteiger partial charge in [0, 0.05) is 30.9 Å². The molecule has 0 bridgehead atoms. The molecule has 0 radical (unpaired) electrons. The van der Waals surface area contributed by atoms with Gasteiger partial charge in [0.2, 0.25) is 11.8 Å². The van der Waals surface area contributed by atoms with E-state index in [0.29, 0.717) is 30.3 Å². The van der Waals surface area contributed by atoms with Crippen molar-refractivity contribution in [3.05, 3.63) is 48.3 Å². The van der Waals surface area contributed by atoms with Crippen molar-refractivity contribution in [2.24, 2.45) is 17.3 Å². The summed E-state index contributed by atoms with van der Waals surface area (Å²) in [6, 6.07) is 2.05. The molecule has 198 valence electrons. The predicted octanol–water partition coefficient (Wildman–Crippen LogP) is 3.97. The first-order chi connectivity index (χ1) is 16.9. The lowest BCUT2D eigenvalue weighted by Gasteiger charge is -2.59. The molecule has 1 aromatic rings. The second kappa shape index (κ2) is 11.6. The number of rotatable bonds is 11. The Morgan fingerprint density at radius 2 is 1.94 bits per heavy atom. The normalized spacial score (nSPS) is 18.4. The molecule has 2 fully saturated rings. The lowest BCUT2D eigenvalue weighted by Crippen LogP contribution is -2.64. The maximum Gasteiger partial charge on any atom is 0.234 e. The molecule has 1 spiro atoms. The highest BCUT2D eigenvalue weighted by atomic mass is 16.2. The van der Waals surface area contributed by atoms with Gasteiger partial charge in [0.25, 0.3) is 0 Å². The van der Waals surface area contributed by atoms with Crippen molar-refractivity contribution < 1.29 is 9.59 Å². The molecule has 1 aliphatic carbocycles. The van der Waals surface area contributed by atoms with E-state index < -0.39 is 0 Å². The minimum atomic E-state index is -0.190. The maximum atomic E-state index is 12.7. The molecule has 2 amide bonds. The van der Waals surface area contributed by atoms with Crippen LogP contribution in [-0.2, 0) is 22.4 Å². The number of hydrogen-bond donors (Lipinski definition) is 2. The van der Waals surface area contributed by atoms with E-state index in [2.05, 4.69) is 36.0 Å². The zero-order valence-corrected chi connectivity index (χ0v) is 23.1. The number of likely N-dealkylation sites (tertiary alicyclic amines) is 1. The summed E-state index contributed by atoms with van der Waals surface area (Å²) in [5.74, 6) is 1.11. The summed E-state index contributed by atoms with van der Waals surface area (Å²) in [7, 11) is 0. The van der Waals surface area contributed by atoms with E-state index in [1.54, 1.807) is 6.08 Å². The molecule has 2 heterocycles. The van der Waals surface area contributed by atoms with Crippen LogP contribution in [-0.4, -0.2) is 58.2 Å². The number of nitrogens with one attached hydrogen (secondary N) is 2. The summed E-state index contributed by atoms with van der Waals surface area (Å²) >= 11 is 0. The van der Waals surface area contributed by atoms with E-state index in [4.69, 9.17) is 5.10 Å². The van der Waals surface area contributed by atoms with Crippen LogP contribution in [0, 0.1) is 17.3 Å². The average Bonchev–Trinajstić information content (AvgIpc) is 3.08. The molecular formula is C29H45N5O2. The monoisotopic (exact) mass is 495 g/mol. The first kappa shape index (κ1) is 27.9. The highest BCUT2D eigenvalue weighted by Gasteiger charge is 2.52. The molecule has 2 N–H and O–H groups in total. The molecule has 36 heavy (non-hydrogen) atoms. The van der Waals surface area contributed by atoms with E-state index in [0.717, 1.165) is 49.4 Å². The fourth-order valence-electron chi connectivity index (χ4n) is 5.50. The topological polar surface area (TPSA) is 79.3 Å². The van der Waals surface area contributed by atoms with Crippen LogP contribution < -0.4 is 10.6 Å². The van der Waals surface area contributed by atoms with Crippen molar-refractivity contribution in [3.63, 3.8) is 0 Å². The minimum absolute atomic E-state index is 0.0170. The number of nitrogens with zero attached hydrogens (tertiary/aromatic N) is 3. The largest absolute Gasteiger partial charge is 0.355 e. The first-order valence-corrected chi connectivity index (χ1v) is 13.3. The number of aromatic nitrogens is 2. The quantitative estimate of drug-likeness (QED) is 0.455. The fraction of sp³-hybridized carbons (Fsp3) is 0.621. The van der Waals surface area contributed by atoms with Gasteiger partial charge in [0.05, 0.1) is 24.4 Å². The van der Waals surface area contributed by atoms with Crippen LogP contribution in [0.5, 0.6) is 0 Å². The molecule has 2 aliphatic rings. The summed E-state index contributed by atoms with van der Waals surface area (Å²) in [5.41, 5.74) is 2.94. The van der Waals surface area contributed by atoms with Crippen molar-refractivity contribution in [1.82, 2.24) is 25.3 Å². The van der Waals surface area contributed by atoms with Crippen molar-refractivity contribution in [3.8, 4) is 0 Å². The van der Waals surface area contributed by atoms with Crippen LogP contribution in [0.3, 0.4) is 0 Å². The highest BCUT2D eigenvalue weighted by Crippen LogP contribution is 2.51. The third-order valence-electron chi connectivity index (χ3n) is 6.74. The summed E-state index contributed by atoms with van der Waals surface area (Å²) in [5, 5.41) is 10.9. The lowest BCUT2D eigenvalue weighted by atomic mass is 9.57. The van der Waals surface area contributed by atoms with Gasteiger partial charge in [-0.1, -0.05) is 32.6 Å². The van der Waals surface area contributed by atoms with Crippen molar-refractivity contribution in [2.45, 2.75) is 72.8 Å². The number of amides is 2. The molecule has 0 atom stereocenters. The highest BCUT2D eigenvalue weighted by molar-refractivity contribution is 5.79. The van der Waals surface area contributed by atoms with Crippen LogP contribution in [0.25, 0.3) is 5.70 Å². The Hall–Kier alpha value is -2.67. The molecule has 1 saturated carbocycles. The third-order valence-corrected chi connectivity index (χ3v) is 6.74. The van der Waals surface area contributed by atoms with Crippen molar-refractivity contribution in [2.75, 3.05) is 26.2 Å². The summed E-state index contributed by atoms with van der Waals surface area (Å²) in [4.78, 5) is 27.0. The molecular weight excluding hydrogens is 450 g/mol. The van der Waals surface area contributed by atoms with Gasteiger partial charge in [0.15, 0.2) is 0 Å². The van der Waals surface area contributed by atoms with Crippen LogP contribution in [0.15, 0.2) is 36.9 Å². The minimum Gasteiger partial charge on any atom is -0.355 e. The van der Waals surface area contributed by atoms with Gasteiger partial charge >= 0.3 is 0 Å². The lowest BCUT2D eigenvalue weighted by molar-refractivity contribution is -0.134. The van der Waals surface area contributed by atoms with Crippen LogP contribution in [0.2, 0.25) is 0 Å². The van der Waals surface area contributed by atoms with Gasteiger partial charge in [-0.3, -0.25) is 14.5 Å². The van der Waals surface area contributed by atoms with Crippen molar-refractivity contribution >= 4 is 17.5 Å². The number of allylic oxidation sites excluding steroid dienone is 5. The SMILES string of the molecule is C=C/C(=C\C=C/C)n1nc(CC(=O)NCC2CC3(C2)CN(CC(=O)NC(C)(C)C)C3)cc1CC(C)C. The average molecular weight is 496 g/mol. The Kier molecular flexibility index (Phi) is 8.98. The van der Waals surface area contributed by atoms with Gasteiger partial charge in [-0.25, -0.2) is 4.68 Å². The summed E-state index contributed by atoms with van der Waals surface area (Å²) in [6.07, 6.45) is 11.1. The van der Waals surface area contributed by atoms with Crippen LogP contribution >= 0.6 is 0 Å². The molecule has 0 unspecified atom stereocenters. The Balaban J connectivity index is 1.44. The van der Waals surface area contributed by atoms with Crippen molar-refractivity contribution in [1.29, 1.82) is 0 Å². The predicted molar refractivity (Wildman–Crippen MR) is 146 cm³/mol.